The highest BCUT2D eigenvalue weighted by Crippen LogP contribution is 2.30. The summed E-state index contributed by atoms with van der Waals surface area (Å²) in [6.45, 7) is 3.92. The Kier molecular flexibility index (Phi) is 5.53. The van der Waals surface area contributed by atoms with Crippen molar-refractivity contribution in [3.05, 3.63) is 18.2 Å². The van der Waals surface area contributed by atoms with Gasteiger partial charge in [0.25, 0.3) is 0 Å². The van der Waals surface area contributed by atoms with Crippen LogP contribution in [0.4, 0.5) is 0 Å². The van der Waals surface area contributed by atoms with Crippen LogP contribution in [0.1, 0.15) is 31.1 Å². The molecule has 0 aromatic carbocycles. The number of hydrogen-bond acceptors (Lipinski definition) is 5. The number of hydrogen-bond donors (Lipinski definition) is 1. The maximum absolute atomic E-state index is 12.2. The van der Waals surface area contributed by atoms with Gasteiger partial charge in [-0.3, -0.25) is 9.69 Å². The first-order chi connectivity index (χ1) is 11.6. The summed E-state index contributed by atoms with van der Waals surface area (Å²) in [5, 5.41) is 3.81. The van der Waals surface area contributed by atoms with Crippen LogP contribution in [-0.2, 0) is 16.6 Å². The lowest BCUT2D eigenvalue weighted by molar-refractivity contribution is -0.136. The first-order valence-electron chi connectivity index (χ1n) is 8.80. The minimum absolute atomic E-state index is 0.000671. The zero-order chi connectivity index (χ0) is 17.1. The van der Waals surface area contributed by atoms with Crippen molar-refractivity contribution in [2.45, 2.75) is 37.4 Å². The number of rotatable bonds is 6. The Balaban J connectivity index is 1.67. The Morgan fingerprint density at radius 1 is 1.38 bits per heavy atom. The Bertz CT molecular complexity index is 561. The van der Waals surface area contributed by atoms with Gasteiger partial charge in [-0.15, -0.1) is 0 Å². The first kappa shape index (κ1) is 17.4. The topological polar surface area (TPSA) is 62.6 Å². The number of methoxy groups -OCH3 is 1. The van der Waals surface area contributed by atoms with Crippen LogP contribution in [0.3, 0.4) is 0 Å². The van der Waals surface area contributed by atoms with E-state index in [0.29, 0.717) is 12.5 Å². The smallest absolute Gasteiger partial charge is 0.223 e. The summed E-state index contributed by atoms with van der Waals surface area (Å²) in [6, 6.07) is 0.719. The van der Waals surface area contributed by atoms with Gasteiger partial charge >= 0.3 is 0 Å². The van der Waals surface area contributed by atoms with Crippen LogP contribution in [0.25, 0.3) is 0 Å². The molecule has 0 spiro atoms. The average Bonchev–Trinajstić information content (AvgIpc) is 3.18. The zero-order valence-corrected chi connectivity index (χ0v) is 14.9. The second kappa shape index (κ2) is 7.63. The summed E-state index contributed by atoms with van der Waals surface area (Å²) < 4.78 is 7.20. The van der Waals surface area contributed by atoms with E-state index in [4.69, 9.17) is 4.74 Å². The van der Waals surface area contributed by atoms with Crippen LogP contribution in [0.15, 0.2) is 12.4 Å². The van der Waals surface area contributed by atoms with Crippen molar-refractivity contribution in [3.8, 4) is 0 Å². The van der Waals surface area contributed by atoms with Gasteiger partial charge in [0.2, 0.25) is 5.91 Å². The number of nitrogens with zero attached hydrogens (tertiary/aromatic N) is 4. The Labute approximate surface area is 144 Å². The average molecular weight is 335 g/mol. The van der Waals surface area contributed by atoms with Crippen molar-refractivity contribution in [2.75, 3.05) is 40.4 Å². The van der Waals surface area contributed by atoms with E-state index in [1.807, 2.05) is 29.8 Å². The fraction of sp³-hybridized carbons (Fsp3) is 0.765. The zero-order valence-electron chi connectivity index (χ0n) is 14.9. The summed E-state index contributed by atoms with van der Waals surface area (Å²) in [4.78, 5) is 21.0. The van der Waals surface area contributed by atoms with Gasteiger partial charge in [0.1, 0.15) is 11.9 Å². The largest absolute Gasteiger partial charge is 0.383 e. The number of likely N-dealkylation sites (N-methyl/N-ethyl adjacent to an activating group) is 1. The molecule has 2 aliphatic rings. The van der Waals surface area contributed by atoms with Crippen molar-refractivity contribution in [1.82, 2.24) is 24.7 Å². The lowest BCUT2D eigenvalue weighted by Gasteiger charge is -2.40. The van der Waals surface area contributed by atoms with Crippen LogP contribution in [0.2, 0.25) is 0 Å². The fourth-order valence-corrected chi connectivity index (χ4v) is 3.92. The lowest BCUT2D eigenvalue weighted by atomic mass is 9.94. The molecule has 1 amide bonds. The van der Waals surface area contributed by atoms with E-state index in [1.165, 1.54) is 0 Å². The third-order valence-electron chi connectivity index (χ3n) is 5.32. The molecule has 2 saturated heterocycles. The Morgan fingerprint density at radius 3 is 2.92 bits per heavy atom. The van der Waals surface area contributed by atoms with Gasteiger partial charge in [0.05, 0.1) is 6.61 Å². The molecule has 1 N–H and O–H groups in total. The molecule has 3 rings (SSSR count). The van der Waals surface area contributed by atoms with Gasteiger partial charge < -0.3 is 19.5 Å². The standard InChI is InChI=1S/C17H29N5O2/c1-20-9-7-18-17(20)16-14(4-5-15(23)21(16)2)19-13-6-8-22(12-13)10-11-24-3/h7,9,13-14,16,19H,4-6,8,10-12H2,1-3H3/t13?,14-,16-/m1/s1. The van der Waals surface area contributed by atoms with E-state index in [9.17, 15) is 4.79 Å². The molecular weight excluding hydrogens is 306 g/mol. The summed E-state index contributed by atoms with van der Waals surface area (Å²) >= 11 is 0. The molecule has 134 valence electrons. The minimum Gasteiger partial charge on any atom is -0.383 e. The number of aromatic nitrogens is 2. The van der Waals surface area contributed by atoms with E-state index in [-0.39, 0.29) is 18.0 Å². The van der Waals surface area contributed by atoms with Gasteiger partial charge in [-0.1, -0.05) is 0 Å². The number of likely N-dealkylation sites (tertiary alicyclic amines) is 2. The van der Waals surface area contributed by atoms with E-state index in [2.05, 4.69) is 15.2 Å². The molecule has 0 bridgehead atoms. The highest BCUT2D eigenvalue weighted by atomic mass is 16.5. The summed E-state index contributed by atoms with van der Waals surface area (Å²) in [6.07, 6.45) is 6.37. The molecule has 0 radical (unpaired) electrons. The van der Waals surface area contributed by atoms with Crippen molar-refractivity contribution < 1.29 is 9.53 Å². The molecule has 1 aromatic heterocycles. The minimum atomic E-state index is -0.000671. The highest BCUT2D eigenvalue weighted by molar-refractivity contribution is 5.77. The van der Waals surface area contributed by atoms with Gasteiger partial charge in [-0.05, 0) is 19.4 Å². The maximum Gasteiger partial charge on any atom is 0.223 e. The van der Waals surface area contributed by atoms with Crippen LogP contribution in [0.5, 0.6) is 0 Å². The molecule has 2 aliphatic heterocycles. The number of nitrogens with one attached hydrogen (secondary N) is 1. The van der Waals surface area contributed by atoms with E-state index in [1.54, 1.807) is 13.3 Å². The molecule has 3 atom stereocenters. The van der Waals surface area contributed by atoms with Crippen LogP contribution in [-0.4, -0.2) is 77.7 Å². The quantitative estimate of drug-likeness (QED) is 0.815. The van der Waals surface area contributed by atoms with Crippen molar-refractivity contribution in [2.24, 2.45) is 7.05 Å². The Hall–Kier alpha value is -1.44. The number of piperidine rings is 1. The predicted octanol–water partition coefficient (Wildman–Crippen LogP) is 0.392. The number of ether oxygens (including phenoxy) is 1. The molecule has 0 aliphatic carbocycles. The lowest BCUT2D eigenvalue weighted by Crippen LogP contribution is -2.53. The SMILES string of the molecule is COCCN1CCC(N[C@@H]2CCC(=O)N(C)[C@H]2c2nccn2C)C1. The molecule has 0 saturated carbocycles. The summed E-state index contributed by atoms with van der Waals surface area (Å²) in [5.74, 6) is 1.16. The van der Waals surface area contributed by atoms with Gasteiger partial charge in [0, 0.05) is 65.2 Å². The van der Waals surface area contributed by atoms with Crippen molar-refractivity contribution in [1.29, 1.82) is 0 Å². The van der Waals surface area contributed by atoms with E-state index in [0.717, 1.165) is 44.9 Å². The molecular formula is C17H29N5O2. The number of imidazole rings is 1. The Morgan fingerprint density at radius 2 is 2.21 bits per heavy atom. The predicted molar refractivity (Wildman–Crippen MR) is 91.6 cm³/mol. The molecule has 1 aromatic rings. The van der Waals surface area contributed by atoms with E-state index < -0.39 is 0 Å². The molecule has 2 fully saturated rings. The van der Waals surface area contributed by atoms with E-state index >= 15 is 0 Å². The summed E-state index contributed by atoms with van der Waals surface area (Å²) in [5.41, 5.74) is 0. The molecule has 24 heavy (non-hydrogen) atoms. The molecule has 3 heterocycles. The molecule has 7 nitrogen and oxygen atoms in total. The molecule has 7 heteroatoms. The monoisotopic (exact) mass is 335 g/mol. The fourth-order valence-electron chi connectivity index (χ4n) is 3.92. The van der Waals surface area contributed by atoms with Crippen LogP contribution >= 0.6 is 0 Å². The van der Waals surface area contributed by atoms with Crippen molar-refractivity contribution >= 4 is 5.91 Å². The van der Waals surface area contributed by atoms with Gasteiger partial charge in [-0.2, -0.15) is 0 Å². The summed E-state index contributed by atoms with van der Waals surface area (Å²) in [7, 11) is 5.64. The number of amides is 1. The number of carbonyl (C=O) groups excluding carboxylic acids is 1. The number of carbonyl (C=O) groups is 1. The number of aryl methyl sites for hydroxylation is 1. The van der Waals surface area contributed by atoms with Crippen LogP contribution in [0, 0.1) is 0 Å². The second-order valence-electron chi connectivity index (χ2n) is 6.94. The van der Waals surface area contributed by atoms with Gasteiger partial charge in [0.15, 0.2) is 0 Å². The van der Waals surface area contributed by atoms with Gasteiger partial charge in [-0.25, -0.2) is 4.98 Å². The highest BCUT2D eigenvalue weighted by Gasteiger charge is 2.38. The van der Waals surface area contributed by atoms with Crippen molar-refractivity contribution in [3.63, 3.8) is 0 Å². The normalized spacial score (nSPS) is 28.7. The van der Waals surface area contributed by atoms with Crippen LogP contribution < -0.4 is 5.32 Å². The third-order valence-corrected chi connectivity index (χ3v) is 5.32. The maximum atomic E-state index is 12.2. The second-order valence-corrected chi connectivity index (χ2v) is 6.94. The third kappa shape index (κ3) is 3.63. The molecule has 1 unspecified atom stereocenters. The first-order valence-corrected chi connectivity index (χ1v) is 8.80.